The van der Waals surface area contributed by atoms with Crippen molar-refractivity contribution in [1.29, 1.82) is 0 Å². The normalized spacial score (nSPS) is 11.3. The molecule has 7 aromatic carbocycles. The number of rotatable bonds is 7. The van der Waals surface area contributed by atoms with Crippen LogP contribution in [0.1, 0.15) is 16.7 Å². The zero-order chi connectivity index (χ0) is 43.8. The molecular formula is C43H19BF16. The van der Waals surface area contributed by atoms with Crippen LogP contribution in [-0.4, -0.2) is 6.15 Å². The quantitative estimate of drug-likeness (QED) is 0.0375. The Hall–Kier alpha value is -6.65. The van der Waals surface area contributed by atoms with E-state index < -0.39 is 145 Å². The maximum absolute atomic E-state index is 15.3. The lowest BCUT2D eigenvalue weighted by Gasteiger charge is -2.44. The van der Waals surface area contributed by atoms with Gasteiger partial charge in [-0.2, -0.15) is 21.9 Å². The summed E-state index contributed by atoms with van der Waals surface area (Å²) in [6.45, 7) is 0. The van der Waals surface area contributed by atoms with Crippen molar-refractivity contribution in [3.05, 3.63) is 231 Å². The molecule has 0 saturated heterocycles. The minimum absolute atomic E-state index is 0.621. The molecule has 0 heterocycles. The second-order valence-corrected chi connectivity index (χ2v) is 12.9. The molecule has 0 aliphatic carbocycles. The van der Waals surface area contributed by atoms with Crippen LogP contribution in [0, 0.1) is 99.0 Å². The van der Waals surface area contributed by atoms with E-state index in [4.69, 9.17) is 0 Å². The van der Waals surface area contributed by atoms with Crippen LogP contribution in [-0.2, 0) is 0 Å². The summed E-state index contributed by atoms with van der Waals surface area (Å²) in [5.41, 5.74) is -5.31. The van der Waals surface area contributed by atoms with Gasteiger partial charge in [0.15, 0.2) is 69.8 Å². The molecule has 0 aliphatic rings. The zero-order valence-electron chi connectivity index (χ0n) is 29.6. The fourth-order valence-corrected chi connectivity index (χ4v) is 6.94. The summed E-state index contributed by atoms with van der Waals surface area (Å²) in [6.07, 6.45) is -5.62. The first-order valence-corrected chi connectivity index (χ1v) is 17.0. The Morgan fingerprint density at radius 3 is 0.650 bits per heavy atom. The molecule has 0 N–H and O–H groups in total. The lowest BCUT2D eigenvalue weighted by atomic mass is 9.12. The third-order valence-corrected chi connectivity index (χ3v) is 9.58. The molecule has 0 radical (unpaired) electrons. The Labute approximate surface area is 328 Å². The van der Waals surface area contributed by atoms with Gasteiger partial charge >= 0.3 is 0 Å². The van der Waals surface area contributed by atoms with Crippen molar-refractivity contribution in [2.75, 3.05) is 0 Å². The molecule has 0 aliphatic heterocycles. The largest absolute Gasteiger partial charge is 0.207 e. The molecule has 60 heavy (non-hydrogen) atoms. The molecule has 0 bridgehead atoms. The highest BCUT2D eigenvalue weighted by Crippen LogP contribution is 2.31. The van der Waals surface area contributed by atoms with Crippen molar-refractivity contribution < 1.29 is 70.2 Å². The summed E-state index contributed by atoms with van der Waals surface area (Å²) >= 11 is 0. The predicted octanol–water partition coefficient (Wildman–Crippen LogP) is 10.00. The van der Waals surface area contributed by atoms with Gasteiger partial charge in [0.25, 0.3) is 0 Å². The lowest BCUT2D eigenvalue weighted by molar-refractivity contribution is 0.408. The fraction of sp³-hybridized carbons (Fsp3) is 0. The van der Waals surface area contributed by atoms with Gasteiger partial charge < -0.3 is 0 Å². The van der Waals surface area contributed by atoms with E-state index in [0.29, 0.717) is 0 Å². The first kappa shape index (κ1) is 42.9. The maximum Gasteiger partial charge on any atom is 0.197 e. The molecule has 0 fully saturated rings. The van der Waals surface area contributed by atoms with E-state index in [1.165, 1.54) is 22.6 Å². The Morgan fingerprint density at radius 1 is 0.250 bits per heavy atom. The molecule has 0 spiro atoms. The molecule has 0 saturated carbocycles. The van der Waals surface area contributed by atoms with Crippen LogP contribution in [0.25, 0.3) is 0 Å². The molecule has 0 aromatic heterocycles. The van der Waals surface area contributed by atoms with Crippen LogP contribution in [0.5, 0.6) is 0 Å². The summed E-state index contributed by atoms with van der Waals surface area (Å²) in [7, 11) is 0. The van der Waals surface area contributed by atoms with Crippen molar-refractivity contribution in [3.8, 4) is 0 Å². The highest BCUT2D eigenvalue weighted by atomic mass is 19.2. The summed E-state index contributed by atoms with van der Waals surface area (Å²) in [6, 6.07) is 29.2. The predicted molar refractivity (Wildman–Crippen MR) is 189 cm³/mol. The molecule has 17 heteroatoms. The Bertz CT molecular complexity index is 2380. The topological polar surface area (TPSA) is 0 Å². The van der Waals surface area contributed by atoms with Crippen LogP contribution in [0.2, 0.25) is 0 Å². The van der Waals surface area contributed by atoms with E-state index in [2.05, 4.69) is 91.0 Å². The smallest absolute Gasteiger partial charge is 0.197 e. The van der Waals surface area contributed by atoms with Crippen molar-refractivity contribution >= 4 is 28.0 Å². The van der Waals surface area contributed by atoms with Crippen LogP contribution in [0.3, 0.4) is 0 Å². The van der Waals surface area contributed by atoms with Crippen molar-refractivity contribution in [2.24, 2.45) is 0 Å². The van der Waals surface area contributed by atoms with Gasteiger partial charge in [-0.1, -0.05) is 42.5 Å². The molecular weight excluding hydrogens is 831 g/mol. The van der Waals surface area contributed by atoms with Crippen molar-refractivity contribution in [1.82, 2.24) is 0 Å². The number of hydrogen-bond donors (Lipinski definition) is 0. The Balaban J connectivity index is 0.000000263. The van der Waals surface area contributed by atoms with Gasteiger partial charge in [-0.25, -0.2) is 70.2 Å². The minimum Gasteiger partial charge on any atom is -0.207 e. The summed E-state index contributed by atoms with van der Waals surface area (Å²) in [5.74, 6) is -43.0. The van der Waals surface area contributed by atoms with Crippen LogP contribution in [0.4, 0.5) is 70.2 Å². The molecule has 0 atom stereocenters. The number of hydrogen-bond acceptors (Lipinski definition) is 0. The first-order valence-electron chi connectivity index (χ1n) is 17.0. The van der Waals surface area contributed by atoms with E-state index in [9.17, 15) is 52.7 Å². The molecule has 306 valence electrons. The van der Waals surface area contributed by atoms with E-state index in [1.807, 2.05) is 0 Å². The molecule has 0 amide bonds. The van der Waals surface area contributed by atoms with Gasteiger partial charge in [-0.05, 0) is 72.8 Å². The monoisotopic (exact) mass is 850 g/mol. The van der Waals surface area contributed by atoms with Crippen LogP contribution in [0.15, 0.2) is 115 Å². The highest BCUT2D eigenvalue weighted by molar-refractivity contribution is 7.20. The van der Waals surface area contributed by atoms with Gasteiger partial charge in [0, 0.05) is 0 Å². The lowest BCUT2D eigenvalue weighted by Crippen LogP contribution is -2.78. The number of halogens is 16. The van der Waals surface area contributed by atoms with Crippen molar-refractivity contribution in [2.45, 2.75) is 0 Å². The van der Waals surface area contributed by atoms with Gasteiger partial charge in [0.1, 0.15) is 29.4 Å². The maximum atomic E-state index is 15.3. The third kappa shape index (κ3) is 7.32. The summed E-state index contributed by atoms with van der Waals surface area (Å²) in [5, 5.41) is 0. The second kappa shape index (κ2) is 16.9. The van der Waals surface area contributed by atoms with Gasteiger partial charge in [0.05, 0.1) is 22.6 Å². The fourth-order valence-electron chi connectivity index (χ4n) is 6.94. The molecule has 0 unspecified atom stereocenters. The SMILES string of the molecule is Fc1cc([B-](c2cc(F)c(F)c(F)c2F)(c2cc(F)c(F)c(F)c2F)c2cc(F)c(F)c(F)c2F)c(F)c(F)c1F.c1ccc([C+](c2ccccc2)c2ccccc2)cc1. The van der Waals surface area contributed by atoms with Crippen molar-refractivity contribution in [3.63, 3.8) is 0 Å². The standard InChI is InChI=1S/C24H4BF16.C19H15/c26-9-1-5(13(30)21(38)17(9)34)25(6-2-10(27)18(35)22(39)14(6)31,7-3-11(28)19(36)23(40)15(7)32)8-4-12(29)20(37)24(41)16(8)33;1-4-10-16(11-5-1)19(17-12-6-2-7-13-17)18-14-8-3-9-15-18/h1-4H;1-15H/q-1;+1. The van der Waals surface area contributed by atoms with E-state index >= 15 is 17.6 Å². The van der Waals surface area contributed by atoms with Gasteiger partial charge in [-0.3, -0.25) is 0 Å². The Kier molecular flexibility index (Phi) is 12.1. The second-order valence-electron chi connectivity index (χ2n) is 12.9. The van der Waals surface area contributed by atoms with Crippen LogP contribution >= 0.6 is 0 Å². The average molecular weight is 850 g/mol. The van der Waals surface area contributed by atoms with E-state index in [1.54, 1.807) is 0 Å². The summed E-state index contributed by atoms with van der Waals surface area (Å²) < 4.78 is 232. The first-order chi connectivity index (χ1) is 28.4. The molecule has 7 aromatic rings. The van der Waals surface area contributed by atoms with Crippen LogP contribution < -0.4 is 21.9 Å². The third-order valence-electron chi connectivity index (χ3n) is 9.58. The molecule has 7 rings (SSSR count). The molecule has 0 nitrogen and oxygen atoms in total. The highest BCUT2D eigenvalue weighted by Gasteiger charge is 2.45. The van der Waals surface area contributed by atoms with Gasteiger partial charge in [-0.15, -0.1) is 0 Å². The van der Waals surface area contributed by atoms with E-state index in [0.717, 1.165) is 0 Å². The summed E-state index contributed by atoms with van der Waals surface area (Å²) in [4.78, 5) is 0. The zero-order valence-corrected chi connectivity index (χ0v) is 29.6. The van der Waals surface area contributed by atoms with E-state index in [-0.39, 0.29) is 0 Å². The Morgan fingerprint density at radius 2 is 0.450 bits per heavy atom. The van der Waals surface area contributed by atoms with Gasteiger partial charge in [0.2, 0.25) is 0 Å². The number of benzene rings is 7. The minimum atomic E-state index is -5.62. The average Bonchev–Trinajstić information content (AvgIpc) is 3.26.